The molecular formula is C22H34N4O4. The molecule has 0 radical (unpaired) electrons. The number of likely N-dealkylation sites (N-methyl/N-ethyl adjacent to an activating group) is 1. The maximum atomic E-state index is 12.9. The Morgan fingerprint density at radius 3 is 2.67 bits per heavy atom. The minimum Gasteiger partial charge on any atom is -0.492 e. The summed E-state index contributed by atoms with van der Waals surface area (Å²) in [5.41, 5.74) is 1.08. The molecule has 3 amide bonds. The van der Waals surface area contributed by atoms with E-state index in [-0.39, 0.29) is 36.7 Å². The van der Waals surface area contributed by atoms with Crippen LogP contribution in [0.4, 0.5) is 0 Å². The van der Waals surface area contributed by atoms with Crippen molar-refractivity contribution in [3.05, 3.63) is 29.8 Å². The van der Waals surface area contributed by atoms with Gasteiger partial charge in [0.05, 0.1) is 19.1 Å². The van der Waals surface area contributed by atoms with E-state index in [0.717, 1.165) is 30.6 Å². The van der Waals surface area contributed by atoms with E-state index < -0.39 is 6.04 Å². The fourth-order valence-electron chi connectivity index (χ4n) is 3.33. The number of ether oxygens (including phenoxy) is 1. The highest BCUT2D eigenvalue weighted by Crippen LogP contribution is 2.19. The number of fused-ring (bicyclic) bond motifs is 1. The third-order valence-corrected chi connectivity index (χ3v) is 5.32. The van der Waals surface area contributed by atoms with E-state index >= 15 is 0 Å². The third-order valence-electron chi connectivity index (χ3n) is 5.32. The monoisotopic (exact) mass is 418 g/mol. The van der Waals surface area contributed by atoms with Gasteiger partial charge in [0.1, 0.15) is 12.4 Å². The van der Waals surface area contributed by atoms with Gasteiger partial charge in [-0.15, -0.1) is 0 Å². The van der Waals surface area contributed by atoms with Gasteiger partial charge < -0.3 is 25.6 Å². The second kappa shape index (κ2) is 12.2. The van der Waals surface area contributed by atoms with E-state index in [9.17, 15) is 14.4 Å². The first-order chi connectivity index (χ1) is 14.4. The van der Waals surface area contributed by atoms with Gasteiger partial charge in [-0.3, -0.25) is 14.4 Å². The molecule has 1 aromatic carbocycles. The fourth-order valence-corrected chi connectivity index (χ4v) is 3.33. The van der Waals surface area contributed by atoms with Gasteiger partial charge in [-0.25, -0.2) is 0 Å². The van der Waals surface area contributed by atoms with Crippen molar-refractivity contribution < 1.29 is 19.1 Å². The first kappa shape index (κ1) is 23.7. The molecule has 2 rings (SSSR count). The van der Waals surface area contributed by atoms with Crippen molar-refractivity contribution in [3.63, 3.8) is 0 Å². The lowest BCUT2D eigenvalue weighted by Gasteiger charge is -2.28. The van der Waals surface area contributed by atoms with Crippen molar-refractivity contribution in [2.75, 3.05) is 39.8 Å². The van der Waals surface area contributed by atoms with Crippen LogP contribution in [0.15, 0.2) is 24.3 Å². The molecule has 0 aromatic heterocycles. The number of amides is 3. The van der Waals surface area contributed by atoms with Gasteiger partial charge in [-0.05, 0) is 30.4 Å². The van der Waals surface area contributed by atoms with E-state index in [0.29, 0.717) is 19.7 Å². The highest BCUT2D eigenvalue weighted by atomic mass is 16.5. The quantitative estimate of drug-likeness (QED) is 0.657. The Labute approximate surface area is 178 Å². The Balaban J connectivity index is 2.12. The number of hydrogen-bond donors (Lipinski definition) is 3. The Hall–Kier alpha value is -2.61. The van der Waals surface area contributed by atoms with Crippen molar-refractivity contribution in [2.45, 2.75) is 39.2 Å². The molecule has 1 heterocycles. The normalized spacial score (nSPS) is 21.4. The standard InChI is InChI=1S/C22H34N4O4/c1-4-16(2)21-22(29)26(3)15-20(28)25-14-19(27)23-11-7-9-17-8-5-6-10-18(17)30-13-12-24-21/h5-6,8,10,16,21,24H,4,7,9,11-15H2,1-3H3,(H,23,27)(H,25,28). The maximum absolute atomic E-state index is 12.9. The molecule has 3 N–H and O–H groups in total. The molecule has 1 aliphatic rings. The zero-order valence-corrected chi connectivity index (χ0v) is 18.2. The molecule has 0 fully saturated rings. The molecule has 0 saturated carbocycles. The van der Waals surface area contributed by atoms with Gasteiger partial charge in [0, 0.05) is 20.1 Å². The molecule has 2 atom stereocenters. The van der Waals surface area contributed by atoms with E-state index in [1.807, 2.05) is 38.1 Å². The van der Waals surface area contributed by atoms with Crippen LogP contribution in [0.25, 0.3) is 0 Å². The summed E-state index contributed by atoms with van der Waals surface area (Å²) in [4.78, 5) is 38.4. The minimum absolute atomic E-state index is 0.0927. The molecule has 1 aliphatic heterocycles. The summed E-state index contributed by atoms with van der Waals surface area (Å²) < 4.78 is 5.96. The topological polar surface area (TPSA) is 99.8 Å². The second-order valence-corrected chi connectivity index (χ2v) is 7.70. The number of para-hydroxylation sites is 1. The summed E-state index contributed by atoms with van der Waals surface area (Å²) in [7, 11) is 1.60. The molecule has 8 nitrogen and oxygen atoms in total. The molecule has 0 bridgehead atoms. The van der Waals surface area contributed by atoms with Crippen molar-refractivity contribution in [1.82, 2.24) is 20.9 Å². The zero-order valence-electron chi connectivity index (χ0n) is 18.2. The van der Waals surface area contributed by atoms with Crippen LogP contribution >= 0.6 is 0 Å². The van der Waals surface area contributed by atoms with Crippen LogP contribution in [-0.4, -0.2) is 68.5 Å². The third kappa shape index (κ3) is 7.33. The Kier molecular flexibility index (Phi) is 9.60. The van der Waals surface area contributed by atoms with Crippen LogP contribution in [-0.2, 0) is 20.8 Å². The zero-order chi connectivity index (χ0) is 21.9. The Morgan fingerprint density at radius 1 is 1.13 bits per heavy atom. The number of carbonyl (C=O) groups excluding carboxylic acids is 3. The molecular weight excluding hydrogens is 384 g/mol. The summed E-state index contributed by atoms with van der Waals surface area (Å²) in [6.45, 7) is 5.31. The van der Waals surface area contributed by atoms with E-state index in [1.54, 1.807) is 7.05 Å². The van der Waals surface area contributed by atoms with Crippen molar-refractivity contribution in [2.24, 2.45) is 5.92 Å². The second-order valence-electron chi connectivity index (χ2n) is 7.70. The first-order valence-corrected chi connectivity index (χ1v) is 10.6. The maximum Gasteiger partial charge on any atom is 0.240 e. The van der Waals surface area contributed by atoms with Crippen LogP contribution < -0.4 is 20.7 Å². The lowest BCUT2D eigenvalue weighted by Crippen LogP contribution is -2.52. The average Bonchev–Trinajstić information content (AvgIpc) is 2.74. The molecule has 0 saturated heterocycles. The fraction of sp³-hybridized carbons (Fsp3) is 0.591. The summed E-state index contributed by atoms with van der Waals surface area (Å²) >= 11 is 0. The highest BCUT2D eigenvalue weighted by Gasteiger charge is 2.27. The summed E-state index contributed by atoms with van der Waals surface area (Å²) in [6, 6.07) is 7.45. The Morgan fingerprint density at radius 2 is 1.90 bits per heavy atom. The summed E-state index contributed by atoms with van der Waals surface area (Å²) in [5, 5.41) is 8.67. The minimum atomic E-state index is -0.408. The van der Waals surface area contributed by atoms with Gasteiger partial charge in [0.25, 0.3) is 0 Å². The molecule has 1 aromatic rings. The Bertz CT molecular complexity index is 725. The van der Waals surface area contributed by atoms with Crippen LogP contribution in [0.2, 0.25) is 0 Å². The number of nitrogens with one attached hydrogen (secondary N) is 3. The SMILES string of the molecule is CCC(C)C1NCCOc2ccccc2CCCNC(=O)CNC(=O)CN(C)C1=O. The van der Waals surface area contributed by atoms with E-state index in [2.05, 4.69) is 16.0 Å². The number of carbonyl (C=O) groups is 3. The van der Waals surface area contributed by atoms with Crippen molar-refractivity contribution >= 4 is 17.7 Å². The molecule has 8 heteroatoms. The average molecular weight is 419 g/mol. The lowest BCUT2D eigenvalue weighted by atomic mass is 9.98. The van der Waals surface area contributed by atoms with E-state index in [1.165, 1.54) is 4.90 Å². The van der Waals surface area contributed by atoms with Crippen LogP contribution in [0.1, 0.15) is 32.3 Å². The van der Waals surface area contributed by atoms with Crippen molar-refractivity contribution in [3.8, 4) is 5.75 Å². The highest BCUT2D eigenvalue weighted by molar-refractivity contribution is 5.89. The van der Waals surface area contributed by atoms with E-state index in [4.69, 9.17) is 4.74 Å². The van der Waals surface area contributed by atoms with Gasteiger partial charge in [0.15, 0.2) is 0 Å². The lowest BCUT2D eigenvalue weighted by molar-refractivity contribution is -0.137. The predicted octanol–water partition coefficient (Wildman–Crippen LogP) is 0.707. The summed E-state index contributed by atoms with van der Waals surface area (Å²) in [5.74, 6) is 0.170. The van der Waals surface area contributed by atoms with Crippen LogP contribution in [0.5, 0.6) is 5.75 Å². The van der Waals surface area contributed by atoms with Gasteiger partial charge in [0.2, 0.25) is 17.7 Å². The number of hydrogen-bond acceptors (Lipinski definition) is 5. The number of benzene rings is 1. The first-order valence-electron chi connectivity index (χ1n) is 10.6. The van der Waals surface area contributed by atoms with Gasteiger partial charge >= 0.3 is 0 Å². The van der Waals surface area contributed by atoms with Crippen LogP contribution in [0.3, 0.4) is 0 Å². The van der Waals surface area contributed by atoms with Gasteiger partial charge in [-0.2, -0.15) is 0 Å². The largest absolute Gasteiger partial charge is 0.492 e. The predicted molar refractivity (Wildman–Crippen MR) is 115 cm³/mol. The molecule has 30 heavy (non-hydrogen) atoms. The molecule has 166 valence electrons. The smallest absolute Gasteiger partial charge is 0.240 e. The number of aryl methyl sites for hydroxylation is 1. The number of nitrogens with zero attached hydrogens (tertiary/aromatic N) is 1. The van der Waals surface area contributed by atoms with Crippen molar-refractivity contribution in [1.29, 1.82) is 0 Å². The molecule has 0 spiro atoms. The molecule has 2 unspecified atom stereocenters. The van der Waals surface area contributed by atoms with Gasteiger partial charge in [-0.1, -0.05) is 38.5 Å². The molecule has 0 aliphatic carbocycles. The summed E-state index contributed by atoms with van der Waals surface area (Å²) in [6.07, 6.45) is 2.37. The van der Waals surface area contributed by atoms with Crippen LogP contribution in [0, 0.1) is 5.92 Å². The number of rotatable bonds is 2.